The molecule has 5 heteroatoms. The van der Waals surface area contributed by atoms with Crippen LogP contribution in [0.15, 0.2) is 54.7 Å². The number of aryl methyl sites for hydroxylation is 2. The molecule has 2 aromatic carbocycles. The molecule has 0 aliphatic carbocycles. The van der Waals surface area contributed by atoms with Crippen LogP contribution in [0.5, 0.6) is 0 Å². The van der Waals surface area contributed by atoms with E-state index in [9.17, 15) is 4.79 Å². The van der Waals surface area contributed by atoms with E-state index >= 15 is 0 Å². The molecule has 0 unspecified atom stereocenters. The number of para-hydroxylation sites is 2. The first-order chi connectivity index (χ1) is 13.1. The summed E-state index contributed by atoms with van der Waals surface area (Å²) in [5.41, 5.74) is 5.46. The second-order valence-electron chi connectivity index (χ2n) is 7.03. The number of amides is 2. The van der Waals surface area contributed by atoms with E-state index in [0.717, 1.165) is 29.7 Å². The van der Waals surface area contributed by atoms with Gasteiger partial charge in [-0.25, -0.2) is 4.79 Å². The van der Waals surface area contributed by atoms with E-state index in [1.807, 2.05) is 35.2 Å². The van der Waals surface area contributed by atoms with E-state index in [-0.39, 0.29) is 6.03 Å². The minimum atomic E-state index is -0.0608. The molecule has 1 aromatic heterocycles. The molecule has 1 saturated heterocycles. The Morgan fingerprint density at radius 1 is 0.926 bits per heavy atom. The maximum Gasteiger partial charge on any atom is 0.322 e. The first kappa shape index (κ1) is 17.3. The van der Waals surface area contributed by atoms with Gasteiger partial charge in [-0.2, -0.15) is 0 Å². The van der Waals surface area contributed by atoms with Crippen molar-refractivity contribution >= 4 is 28.3 Å². The number of hydrogen-bond acceptors (Lipinski definition) is 3. The molecule has 1 N–H and O–H groups in total. The lowest BCUT2D eigenvalue weighted by Gasteiger charge is -2.37. The molecule has 1 fully saturated rings. The van der Waals surface area contributed by atoms with Crippen LogP contribution in [0, 0.1) is 13.8 Å². The average Bonchev–Trinajstić information content (AvgIpc) is 2.69. The quantitative estimate of drug-likeness (QED) is 0.745. The predicted octanol–water partition coefficient (Wildman–Crippen LogP) is 4.21. The smallest absolute Gasteiger partial charge is 0.322 e. The lowest BCUT2D eigenvalue weighted by molar-refractivity contribution is 0.208. The van der Waals surface area contributed by atoms with Crippen molar-refractivity contribution in [2.45, 2.75) is 13.8 Å². The van der Waals surface area contributed by atoms with Crippen molar-refractivity contribution in [1.29, 1.82) is 0 Å². The third-order valence-corrected chi connectivity index (χ3v) is 5.20. The number of urea groups is 1. The molecule has 0 radical (unpaired) electrons. The van der Waals surface area contributed by atoms with E-state index in [2.05, 4.69) is 47.2 Å². The Hall–Kier alpha value is -3.08. The summed E-state index contributed by atoms with van der Waals surface area (Å²) < 4.78 is 0. The third-order valence-electron chi connectivity index (χ3n) is 5.20. The monoisotopic (exact) mass is 360 g/mol. The fourth-order valence-corrected chi connectivity index (χ4v) is 3.84. The van der Waals surface area contributed by atoms with Gasteiger partial charge in [-0.3, -0.25) is 4.98 Å². The van der Waals surface area contributed by atoms with Crippen LogP contribution in [0.3, 0.4) is 0 Å². The van der Waals surface area contributed by atoms with Crippen molar-refractivity contribution in [2.75, 3.05) is 36.4 Å². The zero-order valence-electron chi connectivity index (χ0n) is 15.8. The molecule has 0 saturated carbocycles. The molecule has 138 valence electrons. The van der Waals surface area contributed by atoms with Crippen molar-refractivity contribution in [3.05, 3.63) is 65.9 Å². The van der Waals surface area contributed by atoms with Crippen LogP contribution < -0.4 is 10.2 Å². The van der Waals surface area contributed by atoms with Gasteiger partial charge in [0.05, 0.1) is 11.2 Å². The summed E-state index contributed by atoms with van der Waals surface area (Å²) in [6, 6.07) is 16.1. The molecule has 1 aliphatic rings. The first-order valence-corrected chi connectivity index (χ1v) is 9.34. The normalized spacial score (nSPS) is 14.4. The summed E-state index contributed by atoms with van der Waals surface area (Å²) in [6.07, 6.45) is 1.75. The van der Waals surface area contributed by atoms with Gasteiger partial charge < -0.3 is 15.1 Å². The molecular formula is C22H24N4O. The van der Waals surface area contributed by atoms with Crippen LogP contribution >= 0.6 is 0 Å². The zero-order chi connectivity index (χ0) is 18.8. The molecule has 2 amide bonds. The second kappa shape index (κ2) is 7.27. The molecular weight excluding hydrogens is 336 g/mol. The van der Waals surface area contributed by atoms with Crippen molar-refractivity contribution < 1.29 is 4.79 Å². The lowest BCUT2D eigenvalue weighted by Crippen LogP contribution is -2.50. The molecule has 0 bridgehead atoms. The molecule has 27 heavy (non-hydrogen) atoms. The highest BCUT2D eigenvalue weighted by Crippen LogP contribution is 2.26. The Labute approximate surface area is 159 Å². The Bertz CT molecular complexity index is 951. The molecule has 4 rings (SSSR count). The number of benzene rings is 2. The fourth-order valence-electron chi connectivity index (χ4n) is 3.84. The molecule has 1 aliphatic heterocycles. The standard InChI is InChI=1S/C22H24N4O/c1-16-6-3-7-17(2)21(16)25-12-14-26(15-13-25)22(27)24-19-10-4-8-18-9-5-11-23-20(18)19/h3-11H,12-15H2,1-2H3,(H,24,27). The Kier molecular flexibility index (Phi) is 4.67. The number of carbonyl (C=O) groups excluding carboxylic acids is 1. The van der Waals surface area contributed by atoms with Gasteiger partial charge in [-0.15, -0.1) is 0 Å². The average molecular weight is 360 g/mol. The van der Waals surface area contributed by atoms with Gasteiger partial charge in [-0.05, 0) is 37.1 Å². The number of pyridine rings is 1. The van der Waals surface area contributed by atoms with Gasteiger partial charge in [-0.1, -0.05) is 36.4 Å². The number of aromatic nitrogens is 1. The van der Waals surface area contributed by atoms with E-state index < -0.39 is 0 Å². The van der Waals surface area contributed by atoms with Crippen LogP contribution in [0.25, 0.3) is 10.9 Å². The topological polar surface area (TPSA) is 48.5 Å². The maximum atomic E-state index is 12.8. The number of hydrogen-bond donors (Lipinski definition) is 1. The molecule has 2 heterocycles. The predicted molar refractivity (Wildman–Crippen MR) is 110 cm³/mol. The highest BCUT2D eigenvalue weighted by Gasteiger charge is 2.23. The summed E-state index contributed by atoms with van der Waals surface area (Å²) in [4.78, 5) is 21.4. The summed E-state index contributed by atoms with van der Waals surface area (Å²) in [6.45, 7) is 7.39. The Balaban J connectivity index is 1.44. The summed E-state index contributed by atoms with van der Waals surface area (Å²) in [5.74, 6) is 0. The number of nitrogens with zero attached hydrogens (tertiary/aromatic N) is 3. The lowest BCUT2D eigenvalue weighted by atomic mass is 10.1. The van der Waals surface area contributed by atoms with Gasteiger partial charge in [0.1, 0.15) is 0 Å². The number of rotatable bonds is 2. The Morgan fingerprint density at radius 3 is 2.33 bits per heavy atom. The fraction of sp³-hybridized carbons (Fsp3) is 0.273. The zero-order valence-corrected chi connectivity index (χ0v) is 15.8. The van der Waals surface area contributed by atoms with Crippen LogP contribution in [0.4, 0.5) is 16.2 Å². The van der Waals surface area contributed by atoms with Gasteiger partial charge >= 0.3 is 6.03 Å². The molecule has 3 aromatic rings. The first-order valence-electron chi connectivity index (χ1n) is 9.34. The van der Waals surface area contributed by atoms with Crippen molar-refractivity contribution in [1.82, 2.24) is 9.88 Å². The highest BCUT2D eigenvalue weighted by molar-refractivity contribution is 5.99. The number of carbonyl (C=O) groups is 1. The van der Waals surface area contributed by atoms with Gasteiger partial charge in [0, 0.05) is 43.4 Å². The number of fused-ring (bicyclic) bond motifs is 1. The van der Waals surface area contributed by atoms with Gasteiger partial charge in [0.2, 0.25) is 0 Å². The van der Waals surface area contributed by atoms with E-state index in [1.165, 1.54) is 16.8 Å². The number of piperazine rings is 1. The van der Waals surface area contributed by atoms with E-state index in [4.69, 9.17) is 0 Å². The van der Waals surface area contributed by atoms with E-state index in [1.54, 1.807) is 6.20 Å². The van der Waals surface area contributed by atoms with Crippen LogP contribution in [0.1, 0.15) is 11.1 Å². The minimum absolute atomic E-state index is 0.0608. The second-order valence-corrected chi connectivity index (χ2v) is 7.03. The SMILES string of the molecule is Cc1cccc(C)c1N1CCN(C(=O)Nc2cccc3cccnc23)CC1. The summed E-state index contributed by atoms with van der Waals surface area (Å²) in [5, 5.41) is 4.06. The van der Waals surface area contributed by atoms with Crippen molar-refractivity contribution in [3.8, 4) is 0 Å². The molecule has 5 nitrogen and oxygen atoms in total. The number of anilines is 2. The minimum Gasteiger partial charge on any atom is -0.368 e. The number of nitrogens with one attached hydrogen (secondary N) is 1. The van der Waals surface area contributed by atoms with Crippen molar-refractivity contribution in [3.63, 3.8) is 0 Å². The maximum absolute atomic E-state index is 12.8. The van der Waals surface area contributed by atoms with E-state index in [0.29, 0.717) is 13.1 Å². The third kappa shape index (κ3) is 3.45. The summed E-state index contributed by atoms with van der Waals surface area (Å²) in [7, 11) is 0. The highest BCUT2D eigenvalue weighted by atomic mass is 16.2. The van der Waals surface area contributed by atoms with Gasteiger partial charge in [0.25, 0.3) is 0 Å². The van der Waals surface area contributed by atoms with Gasteiger partial charge in [0.15, 0.2) is 0 Å². The van der Waals surface area contributed by atoms with Crippen LogP contribution in [-0.2, 0) is 0 Å². The molecule has 0 spiro atoms. The van der Waals surface area contributed by atoms with Crippen LogP contribution in [-0.4, -0.2) is 42.1 Å². The summed E-state index contributed by atoms with van der Waals surface area (Å²) >= 11 is 0. The largest absolute Gasteiger partial charge is 0.368 e. The van der Waals surface area contributed by atoms with Crippen LogP contribution in [0.2, 0.25) is 0 Å². The molecule has 0 atom stereocenters. The van der Waals surface area contributed by atoms with Crippen molar-refractivity contribution in [2.24, 2.45) is 0 Å². The Morgan fingerprint density at radius 2 is 1.59 bits per heavy atom.